The van der Waals surface area contributed by atoms with Crippen molar-refractivity contribution in [3.63, 3.8) is 0 Å². The highest BCUT2D eigenvalue weighted by Gasteiger charge is 2.31. The summed E-state index contributed by atoms with van der Waals surface area (Å²) in [6, 6.07) is 6.72. The summed E-state index contributed by atoms with van der Waals surface area (Å²) < 4.78 is 0. The normalized spacial score (nSPS) is 16.4. The van der Waals surface area contributed by atoms with Crippen molar-refractivity contribution < 1.29 is 19.2 Å². The third kappa shape index (κ3) is 4.72. The number of piperazine rings is 1. The largest absolute Gasteiger partial charge is 0.345 e. The zero-order chi connectivity index (χ0) is 19.4. The summed E-state index contributed by atoms with van der Waals surface area (Å²) in [5, 5.41) is 5.31. The maximum absolute atomic E-state index is 12.6. The molecule has 1 heterocycles. The van der Waals surface area contributed by atoms with E-state index in [4.69, 9.17) is 0 Å². The fourth-order valence-electron chi connectivity index (χ4n) is 2.80. The molecule has 0 atom stereocenters. The number of hydrogen-bond acceptors (Lipinski definition) is 4. The van der Waals surface area contributed by atoms with E-state index in [1.54, 1.807) is 29.2 Å². The van der Waals surface area contributed by atoms with Crippen LogP contribution in [-0.4, -0.2) is 65.6 Å². The minimum absolute atomic E-state index is 0.142. The highest BCUT2D eigenvalue weighted by atomic mass is 16.2. The fraction of sp³-hybridized carbons (Fsp3) is 0.368. The van der Waals surface area contributed by atoms with Gasteiger partial charge in [-0.25, -0.2) is 0 Å². The third-order valence-corrected chi connectivity index (χ3v) is 4.55. The molecular weight excluding hydrogens is 348 g/mol. The van der Waals surface area contributed by atoms with Crippen molar-refractivity contribution in [1.29, 1.82) is 0 Å². The average Bonchev–Trinajstić information content (AvgIpc) is 3.51. The van der Waals surface area contributed by atoms with E-state index < -0.39 is 11.8 Å². The molecule has 2 N–H and O–H groups in total. The molecule has 3 rings (SSSR count). The molecule has 0 aromatic heterocycles. The van der Waals surface area contributed by atoms with Crippen LogP contribution in [0.15, 0.2) is 36.9 Å². The molecule has 0 radical (unpaired) electrons. The third-order valence-electron chi connectivity index (χ3n) is 4.55. The molecule has 0 spiro atoms. The predicted octanol–water partition coefficient (Wildman–Crippen LogP) is 0.374. The van der Waals surface area contributed by atoms with Crippen LogP contribution in [0.3, 0.4) is 0 Å². The highest BCUT2D eigenvalue weighted by Crippen LogP contribution is 2.18. The number of nitrogens with zero attached hydrogens (tertiary/aromatic N) is 2. The number of rotatable bonds is 4. The minimum atomic E-state index is -0.561. The highest BCUT2D eigenvalue weighted by molar-refractivity contribution is 6.35. The van der Waals surface area contributed by atoms with Crippen molar-refractivity contribution in [2.24, 2.45) is 0 Å². The van der Waals surface area contributed by atoms with Gasteiger partial charge in [0.15, 0.2) is 0 Å². The molecule has 2 fully saturated rings. The number of benzene rings is 1. The molecule has 142 valence electrons. The monoisotopic (exact) mass is 370 g/mol. The van der Waals surface area contributed by atoms with Gasteiger partial charge >= 0.3 is 11.8 Å². The van der Waals surface area contributed by atoms with Crippen LogP contribution in [0.5, 0.6) is 0 Å². The lowest BCUT2D eigenvalue weighted by atomic mass is 10.1. The van der Waals surface area contributed by atoms with E-state index in [0.717, 1.165) is 12.8 Å². The van der Waals surface area contributed by atoms with Gasteiger partial charge < -0.3 is 20.4 Å². The maximum atomic E-state index is 12.6. The van der Waals surface area contributed by atoms with E-state index in [2.05, 4.69) is 17.2 Å². The Morgan fingerprint density at radius 3 is 2.11 bits per heavy atom. The van der Waals surface area contributed by atoms with Gasteiger partial charge in [-0.05, 0) is 43.2 Å². The number of carbonyl (C=O) groups is 4. The lowest BCUT2D eigenvalue weighted by Crippen LogP contribution is -2.54. The SMILES string of the molecule is C=CC(=O)Nc1ccc(C(=O)N2CCN(C(=O)C(=O)NC3CC3)CC2)cc1. The van der Waals surface area contributed by atoms with Crippen molar-refractivity contribution in [3.8, 4) is 0 Å². The summed E-state index contributed by atoms with van der Waals surface area (Å²) in [6.07, 6.45) is 3.03. The molecule has 1 aromatic carbocycles. The summed E-state index contributed by atoms with van der Waals surface area (Å²) in [5.41, 5.74) is 1.08. The molecule has 8 heteroatoms. The van der Waals surface area contributed by atoms with Crippen LogP contribution in [0, 0.1) is 0 Å². The first kappa shape index (κ1) is 18.6. The van der Waals surface area contributed by atoms with E-state index in [-0.39, 0.29) is 17.9 Å². The van der Waals surface area contributed by atoms with Crippen molar-refractivity contribution in [1.82, 2.24) is 15.1 Å². The fourth-order valence-corrected chi connectivity index (χ4v) is 2.80. The topological polar surface area (TPSA) is 98.8 Å². The van der Waals surface area contributed by atoms with E-state index in [0.29, 0.717) is 37.4 Å². The summed E-state index contributed by atoms with van der Waals surface area (Å²) in [6.45, 7) is 4.79. The van der Waals surface area contributed by atoms with Gasteiger partial charge in [-0.2, -0.15) is 0 Å². The number of carbonyl (C=O) groups excluding carboxylic acids is 4. The Morgan fingerprint density at radius 2 is 1.56 bits per heavy atom. The molecular formula is C19H22N4O4. The van der Waals surface area contributed by atoms with Gasteiger partial charge in [-0.1, -0.05) is 6.58 Å². The van der Waals surface area contributed by atoms with Gasteiger partial charge in [-0.3, -0.25) is 19.2 Å². The maximum Gasteiger partial charge on any atom is 0.312 e. The van der Waals surface area contributed by atoms with Crippen molar-refractivity contribution >= 4 is 29.3 Å². The average molecular weight is 370 g/mol. The Bertz CT molecular complexity index is 762. The van der Waals surface area contributed by atoms with Crippen molar-refractivity contribution in [2.75, 3.05) is 31.5 Å². The molecule has 1 aromatic rings. The van der Waals surface area contributed by atoms with Crippen molar-refractivity contribution in [3.05, 3.63) is 42.5 Å². The van der Waals surface area contributed by atoms with Gasteiger partial charge in [0.25, 0.3) is 5.91 Å². The minimum Gasteiger partial charge on any atom is -0.345 e. The van der Waals surface area contributed by atoms with Crippen LogP contribution in [0.2, 0.25) is 0 Å². The van der Waals surface area contributed by atoms with Crippen LogP contribution >= 0.6 is 0 Å². The molecule has 27 heavy (non-hydrogen) atoms. The van der Waals surface area contributed by atoms with E-state index >= 15 is 0 Å². The van der Waals surface area contributed by atoms with E-state index in [1.807, 2.05) is 0 Å². The molecule has 1 saturated carbocycles. The molecule has 4 amide bonds. The second-order valence-electron chi connectivity index (χ2n) is 6.60. The van der Waals surface area contributed by atoms with Crippen LogP contribution in [0.25, 0.3) is 0 Å². The van der Waals surface area contributed by atoms with Gasteiger partial charge in [-0.15, -0.1) is 0 Å². The summed E-state index contributed by atoms with van der Waals surface area (Å²) >= 11 is 0. The number of amides is 4. The molecule has 0 bridgehead atoms. The number of anilines is 1. The smallest absolute Gasteiger partial charge is 0.312 e. The Kier molecular flexibility index (Phi) is 5.54. The van der Waals surface area contributed by atoms with E-state index in [1.165, 1.54) is 11.0 Å². The Labute approximate surface area is 157 Å². The molecule has 2 aliphatic rings. The lowest BCUT2D eigenvalue weighted by Gasteiger charge is -2.34. The zero-order valence-corrected chi connectivity index (χ0v) is 14.9. The molecule has 1 aliphatic carbocycles. The lowest BCUT2D eigenvalue weighted by molar-refractivity contribution is -0.146. The predicted molar refractivity (Wildman–Crippen MR) is 98.9 cm³/mol. The van der Waals surface area contributed by atoms with Gasteiger partial charge in [0.2, 0.25) is 5.91 Å². The van der Waals surface area contributed by atoms with Crippen LogP contribution in [-0.2, 0) is 14.4 Å². The number of nitrogens with one attached hydrogen (secondary N) is 2. The molecule has 1 saturated heterocycles. The molecule has 0 unspecified atom stereocenters. The first-order chi connectivity index (χ1) is 13.0. The first-order valence-electron chi connectivity index (χ1n) is 8.90. The second-order valence-corrected chi connectivity index (χ2v) is 6.60. The van der Waals surface area contributed by atoms with E-state index in [9.17, 15) is 19.2 Å². The Hall–Kier alpha value is -3.16. The Balaban J connectivity index is 1.51. The van der Waals surface area contributed by atoms with Crippen LogP contribution < -0.4 is 10.6 Å². The molecule has 1 aliphatic heterocycles. The standard InChI is InChI=1S/C19H22N4O4/c1-2-16(24)20-14-5-3-13(4-6-14)18(26)22-9-11-23(12-10-22)19(27)17(25)21-15-7-8-15/h2-6,15H,1,7-12H2,(H,20,24)(H,21,25). The van der Waals surface area contributed by atoms with Gasteiger partial charge in [0.1, 0.15) is 0 Å². The summed E-state index contributed by atoms with van der Waals surface area (Å²) in [5.74, 6) is -1.56. The van der Waals surface area contributed by atoms with Crippen LogP contribution in [0.1, 0.15) is 23.2 Å². The quantitative estimate of drug-likeness (QED) is 0.591. The second kappa shape index (κ2) is 8.03. The first-order valence-corrected chi connectivity index (χ1v) is 8.90. The molecule has 8 nitrogen and oxygen atoms in total. The van der Waals surface area contributed by atoms with Crippen LogP contribution in [0.4, 0.5) is 5.69 Å². The van der Waals surface area contributed by atoms with Gasteiger partial charge in [0, 0.05) is 43.5 Å². The Morgan fingerprint density at radius 1 is 0.963 bits per heavy atom. The zero-order valence-electron chi connectivity index (χ0n) is 14.9. The van der Waals surface area contributed by atoms with Gasteiger partial charge in [0.05, 0.1) is 0 Å². The summed E-state index contributed by atoms with van der Waals surface area (Å²) in [4.78, 5) is 51.0. The summed E-state index contributed by atoms with van der Waals surface area (Å²) in [7, 11) is 0. The van der Waals surface area contributed by atoms with Crippen molar-refractivity contribution in [2.45, 2.75) is 18.9 Å². The number of hydrogen-bond donors (Lipinski definition) is 2.